The molecule has 1 heteroatoms. The Morgan fingerprint density at radius 3 is 1.36 bits per heavy atom. The van der Waals surface area contributed by atoms with Crippen LogP contribution in [-0.2, 0) is 0 Å². The Hall–Kier alpha value is -0.0400. The topological polar surface area (TPSA) is 20.2 Å². The van der Waals surface area contributed by atoms with Gasteiger partial charge in [0.05, 0.1) is 5.60 Å². The standard InChI is InChI=1S/C27H56O/c1-5-9-13-15-17-20-23-26(22-19-11-7-3)27(28,24-12-8-4)25-21-18-16-14-10-6-2/h26,28H,5-25H2,1-4H3. The SMILES string of the molecule is CCCCCCCCC(CCCCC)C(O)(CCCC)CCCCCCCC. The molecule has 0 saturated carbocycles. The number of hydrogen-bond donors (Lipinski definition) is 1. The van der Waals surface area contributed by atoms with Gasteiger partial charge in [-0.15, -0.1) is 0 Å². The third-order valence-corrected chi connectivity index (χ3v) is 6.75. The van der Waals surface area contributed by atoms with Crippen LogP contribution in [0.2, 0.25) is 0 Å². The zero-order valence-electron chi connectivity index (χ0n) is 20.4. The smallest absolute Gasteiger partial charge is 0.0675 e. The molecule has 0 spiro atoms. The Morgan fingerprint density at radius 2 is 0.821 bits per heavy atom. The lowest BCUT2D eigenvalue weighted by Crippen LogP contribution is -2.38. The summed E-state index contributed by atoms with van der Waals surface area (Å²) in [4.78, 5) is 0. The van der Waals surface area contributed by atoms with Crippen molar-refractivity contribution in [2.45, 2.75) is 168 Å². The summed E-state index contributed by atoms with van der Waals surface area (Å²) in [6.45, 7) is 9.14. The first-order valence-electron chi connectivity index (χ1n) is 13.4. The van der Waals surface area contributed by atoms with Gasteiger partial charge in [-0.05, 0) is 31.6 Å². The summed E-state index contributed by atoms with van der Waals surface area (Å²) in [6, 6.07) is 0. The van der Waals surface area contributed by atoms with Gasteiger partial charge in [-0.1, -0.05) is 137 Å². The van der Waals surface area contributed by atoms with Gasteiger partial charge in [0.2, 0.25) is 0 Å². The molecule has 0 bridgehead atoms. The fourth-order valence-electron chi connectivity index (χ4n) is 4.72. The lowest BCUT2D eigenvalue weighted by atomic mass is 9.74. The molecule has 0 aromatic rings. The predicted molar refractivity (Wildman–Crippen MR) is 128 cm³/mol. The van der Waals surface area contributed by atoms with Gasteiger partial charge in [-0.3, -0.25) is 0 Å². The molecule has 0 amide bonds. The first-order valence-corrected chi connectivity index (χ1v) is 13.4. The number of unbranched alkanes of at least 4 members (excludes halogenated alkanes) is 13. The van der Waals surface area contributed by atoms with E-state index in [1.165, 1.54) is 122 Å². The Bertz CT molecular complexity index is 301. The summed E-state index contributed by atoms with van der Waals surface area (Å²) >= 11 is 0. The van der Waals surface area contributed by atoms with Crippen LogP contribution in [0.1, 0.15) is 163 Å². The zero-order valence-corrected chi connectivity index (χ0v) is 20.4. The highest BCUT2D eigenvalue weighted by molar-refractivity contribution is 4.86. The minimum Gasteiger partial charge on any atom is -0.390 e. The van der Waals surface area contributed by atoms with E-state index in [1.54, 1.807) is 0 Å². The normalized spacial score (nSPS) is 14.9. The molecule has 1 nitrogen and oxygen atoms in total. The van der Waals surface area contributed by atoms with Gasteiger partial charge in [0.25, 0.3) is 0 Å². The second-order valence-corrected chi connectivity index (χ2v) is 9.47. The highest BCUT2D eigenvalue weighted by Crippen LogP contribution is 2.37. The van der Waals surface area contributed by atoms with E-state index in [4.69, 9.17) is 0 Å². The number of rotatable bonds is 22. The van der Waals surface area contributed by atoms with Crippen molar-refractivity contribution in [2.75, 3.05) is 0 Å². The van der Waals surface area contributed by atoms with Crippen LogP contribution in [0.5, 0.6) is 0 Å². The van der Waals surface area contributed by atoms with Crippen molar-refractivity contribution in [2.24, 2.45) is 5.92 Å². The summed E-state index contributed by atoms with van der Waals surface area (Å²) in [5.41, 5.74) is -0.391. The summed E-state index contributed by atoms with van der Waals surface area (Å²) < 4.78 is 0. The lowest BCUT2D eigenvalue weighted by Gasteiger charge is -2.37. The largest absolute Gasteiger partial charge is 0.390 e. The molecule has 0 aromatic carbocycles. The molecular formula is C27H56O. The van der Waals surface area contributed by atoms with Crippen LogP contribution < -0.4 is 0 Å². The van der Waals surface area contributed by atoms with Crippen molar-refractivity contribution in [1.29, 1.82) is 0 Å². The highest BCUT2D eigenvalue weighted by atomic mass is 16.3. The Labute approximate surface area is 179 Å². The van der Waals surface area contributed by atoms with E-state index in [2.05, 4.69) is 27.7 Å². The van der Waals surface area contributed by atoms with Crippen LogP contribution in [0.15, 0.2) is 0 Å². The summed E-state index contributed by atoms with van der Waals surface area (Å²) in [6.07, 6.45) is 27.1. The molecule has 0 aliphatic heterocycles. The molecule has 0 saturated heterocycles. The predicted octanol–water partition coefficient (Wildman–Crippen LogP) is 9.61. The van der Waals surface area contributed by atoms with Crippen molar-refractivity contribution in [3.05, 3.63) is 0 Å². The van der Waals surface area contributed by atoms with Crippen LogP contribution in [-0.4, -0.2) is 10.7 Å². The maximum atomic E-state index is 11.7. The monoisotopic (exact) mass is 396 g/mol. The average Bonchev–Trinajstić information content (AvgIpc) is 2.70. The molecule has 1 N–H and O–H groups in total. The van der Waals surface area contributed by atoms with Crippen molar-refractivity contribution < 1.29 is 5.11 Å². The van der Waals surface area contributed by atoms with Crippen molar-refractivity contribution in [3.8, 4) is 0 Å². The third kappa shape index (κ3) is 14.9. The van der Waals surface area contributed by atoms with Crippen molar-refractivity contribution in [1.82, 2.24) is 0 Å². The first kappa shape index (κ1) is 28.0. The second-order valence-electron chi connectivity index (χ2n) is 9.47. The zero-order chi connectivity index (χ0) is 20.9. The fraction of sp³-hybridized carbons (Fsp3) is 1.00. The molecule has 0 rings (SSSR count). The molecular weight excluding hydrogens is 340 g/mol. The van der Waals surface area contributed by atoms with Crippen LogP contribution in [0.3, 0.4) is 0 Å². The van der Waals surface area contributed by atoms with Gasteiger partial charge in [0.15, 0.2) is 0 Å². The van der Waals surface area contributed by atoms with E-state index in [1.807, 2.05) is 0 Å². The van der Waals surface area contributed by atoms with Gasteiger partial charge in [-0.2, -0.15) is 0 Å². The number of hydrogen-bond acceptors (Lipinski definition) is 1. The van der Waals surface area contributed by atoms with Crippen LogP contribution in [0, 0.1) is 5.92 Å². The van der Waals surface area contributed by atoms with E-state index >= 15 is 0 Å². The molecule has 2 atom stereocenters. The summed E-state index contributed by atoms with van der Waals surface area (Å²) in [5, 5.41) is 11.7. The van der Waals surface area contributed by atoms with E-state index in [0.717, 1.165) is 12.8 Å². The molecule has 0 aliphatic rings. The van der Waals surface area contributed by atoms with E-state index in [0.29, 0.717) is 5.92 Å². The fourth-order valence-corrected chi connectivity index (χ4v) is 4.72. The molecule has 0 aliphatic carbocycles. The van der Waals surface area contributed by atoms with Gasteiger partial charge in [0, 0.05) is 0 Å². The first-order chi connectivity index (χ1) is 13.6. The van der Waals surface area contributed by atoms with E-state index < -0.39 is 5.60 Å². The van der Waals surface area contributed by atoms with Gasteiger partial charge in [-0.25, -0.2) is 0 Å². The Morgan fingerprint density at radius 1 is 0.464 bits per heavy atom. The van der Waals surface area contributed by atoms with Gasteiger partial charge < -0.3 is 5.11 Å². The molecule has 170 valence electrons. The van der Waals surface area contributed by atoms with E-state index in [9.17, 15) is 5.11 Å². The minimum atomic E-state index is -0.391. The molecule has 0 fully saturated rings. The average molecular weight is 397 g/mol. The highest BCUT2D eigenvalue weighted by Gasteiger charge is 2.34. The Balaban J connectivity index is 4.63. The lowest BCUT2D eigenvalue weighted by molar-refractivity contribution is -0.0453. The molecule has 2 unspecified atom stereocenters. The van der Waals surface area contributed by atoms with E-state index in [-0.39, 0.29) is 0 Å². The molecule has 0 radical (unpaired) electrons. The third-order valence-electron chi connectivity index (χ3n) is 6.75. The van der Waals surface area contributed by atoms with Crippen molar-refractivity contribution >= 4 is 0 Å². The maximum Gasteiger partial charge on any atom is 0.0675 e. The van der Waals surface area contributed by atoms with Gasteiger partial charge in [0.1, 0.15) is 0 Å². The Kier molecular flexibility index (Phi) is 20.2. The van der Waals surface area contributed by atoms with Crippen LogP contribution >= 0.6 is 0 Å². The van der Waals surface area contributed by atoms with Gasteiger partial charge >= 0.3 is 0 Å². The number of aliphatic hydroxyl groups is 1. The maximum absolute atomic E-state index is 11.7. The molecule has 0 aromatic heterocycles. The van der Waals surface area contributed by atoms with Crippen LogP contribution in [0.4, 0.5) is 0 Å². The summed E-state index contributed by atoms with van der Waals surface area (Å²) in [5.74, 6) is 0.535. The minimum absolute atomic E-state index is 0.391. The van der Waals surface area contributed by atoms with Crippen molar-refractivity contribution in [3.63, 3.8) is 0 Å². The molecule has 0 heterocycles. The quantitative estimate of drug-likeness (QED) is 0.181. The molecule has 28 heavy (non-hydrogen) atoms. The van der Waals surface area contributed by atoms with Crippen LogP contribution in [0.25, 0.3) is 0 Å². The summed E-state index contributed by atoms with van der Waals surface area (Å²) in [7, 11) is 0. The second kappa shape index (κ2) is 20.2.